The Morgan fingerprint density at radius 3 is 2.42 bits per heavy atom. The van der Waals surface area contributed by atoms with Crippen LogP contribution in [0.4, 0.5) is 10.5 Å². The van der Waals surface area contributed by atoms with E-state index in [0.29, 0.717) is 36.8 Å². The molecule has 1 aromatic heterocycles. The summed E-state index contributed by atoms with van der Waals surface area (Å²) in [6, 6.07) is 22.8. The average molecular weight is 533 g/mol. The van der Waals surface area contributed by atoms with E-state index in [9.17, 15) is 9.59 Å². The van der Waals surface area contributed by atoms with Crippen LogP contribution in [0.15, 0.2) is 79.0 Å². The number of aryl methyl sites for hydroxylation is 1. The van der Waals surface area contributed by atoms with Gasteiger partial charge in [-0.3, -0.25) is 4.79 Å². The van der Waals surface area contributed by atoms with Gasteiger partial charge in [0.25, 0.3) is 0 Å². The first-order valence-corrected chi connectivity index (χ1v) is 13.0. The summed E-state index contributed by atoms with van der Waals surface area (Å²) in [7, 11) is 1.57. The van der Waals surface area contributed by atoms with Crippen LogP contribution in [0.25, 0.3) is 10.9 Å². The number of halogens is 1. The Morgan fingerprint density at radius 1 is 0.947 bits per heavy atom. The molecule has 2 N–H and O–H groups in total. The van der Waals surface area contributed by atoms with E-state index < -0.39 is 0 Å². The fraction of sp³-hybridized carbons (Fsp3) is 0.267. The number of carbonyl (C=O) groups is 2. The monoisotopic (exact) mass is 532 g/mol. The molecular formula is C30H33ClN4O3. The fourth-order valence-corrected chi connectivity index (χ4v) is 4.38. The molecular weight excluding hydrogens is 500 g/mol. The van der Waals surface area contributed by atoms with Crippen LogP contribution in [0.1, 0.15) is 16.7 Å². The van der Waals surface area contributed by atoms with E-state index in [1.54, 1.807) is 31.4 Å². The van der Waals surface area contributed by atoms with Gasteiger partial charge in [0, 0.05) is 54.6 Å². The van der Waals surface area contributed by atoms with Crippen molar-refractivity contribution in [1.82, 2.24) is 14.8 Å². The van der Waals surface area contributed by atoms with E-state index in [4.69, 9.17) is 16.3 Å². The molecule has 0 radical (unpaired) electrons. The van der Waals surface area contributed by atoms with Gasteiger partial charge in [-0.1, -0.05) is 59.6 Å². The maximum absolute atomic E-state index is 13.7. The van der Waals surface area contributed by atoms with Crippen LogP contribution in [0.5, 0.6) is 0 Å². The summed E-state index contributed by atoms with van der Waals surface area (Å²) in [4.78, 5) is 33.4. The topological polar surface area (TPSA) is 77.7 Å². The van der Waals surface area contributed by atoms with Crippen LogP contribution in [-0.4, -0.2) is 60.1 Å². The number of hydrogen-bond donors (Lipinski definition) is 2. The van der Waals surface area contributed by atoms with Crippen molar-refractivity contribution in [3.8, 4) is 0 Å². The second-order valence-corrected chi connectivity index (χ2v) is 9.70. The Hall–Kier alpha value is -3.81. The number of para-hydroxylation sites is 1. The molecule has 7 nitrogen and oxygen atoms in total. The van der Waals surface area contributed by atoms with E-state index in [1.165, 1.54) is 4.90 Å². The number of urea groups is 1. The Labute approximate surface area is 228 Å². The molecule has 38 heavy (non-hydrogen) atoms. The van der Waals surface area contributed by atoms with Crippen molar-refractivity contribution in [2.75, 3.05) is 38.7 Å². The summed E-state index contributed by atoms with van der Waals surface area (Å²) in [5.74, 6) is -0.132. The molecule has 0 saturated carbocycles. The highest BCUT2D eigenvalue weighted by atomic mass is 35.5. The number of H-pyrrole nitrogens is 1. The predicted octanol–water partition coefficient (Wildman–Crippen LogP) is 5.88. The van der Waals surface area contributed by atoms with E-state index >= 15 is 0 Å². The quantitative estimate of drug-likeness (QED) is 0.253. The highest BCUT2D eigenvalue weighted by molar-refractivity contribution is 6.30. The summed E-state index contributed by atoms with van der Waals surface area (Å²) in [5.41, 5.74) is 5.03. The molecule has 198 valence electrons. The van der Waals surface area contributed by atoms with Crippen LogP contribution in [0.2, 0.25) is 5.02 Å². The van der Waals surface area contributed by atoms with Crippen molar-refractivity contribution in [2.45, 2.75) is 19.9 Å². The normalized spacial score (nSPS) is 10.9. The van der Waals surface area contributed by atoms with Gasteiger partial charge in [-0.05, 0) is 54.8 Å². The molecule has 0 saturated heterocycles. The van der Waals surface area contributed by atoms with E-state index in [2.05, 4.69) is 16.4 Å². The van der Waals surface area contributed by atoms with Gasteiger partial charge < -0.3 is 24.8 Å². The van der Waals surface area contributed by atoms with Crippen molar-refractivity contribution in [3.63, 3.8) is 0 Å². The number of methoxy groups -OCH3 is 1. The minimum atomic E-state index is -0.371. The number of carbonyl (C=O) groups excluding carboxylic acids is 2. The summed E-state index contributed by atoms with van der Waals surface area (Å²) >= 11 is 5.97. The third-order valence-corrected chi connectivity index (χ3v) is 6.70. The highest BCUT2D eigenvalue weighted by Crippen LogP contribution is 2.19. The average Bonchev–Trinajstić information content (AvgIpc) is 3.34. The number of rotatable bonds is 11. The zero-order valence-electron chi connectivity index (χ0n) is 21.7. The molecule has 0 unspecified atom stereocenters. The van der Waals surface area contributed by atoms with Crippen molar-refractivity contribution in [1.29, 1.82) is 0 Å². The van der Waals surface area contributed by atoms with Crippen molar-refractivity contribution >= 4 is 40.1 Å². The highest BCUT2D eigenvalue weighted by Gasteiger charge is 2.22. The van der Waals surface area contributed by atoms with Gasteiger partial charge in [-0.2, -0.15) is 0 Å². The number of hydrogen-bond acceptors (Lipinski definition) is 3. The largest absolute Gasteiger partial charge is 0.383 e. The maximum atomic E-state index is 13.7. The standard InChI is InChI=1S/C30H33ClN4O3/c1-22-7-9-23(10-8-22)20-34(16-15-24-19-32-28-6-4-3-5-27(24)28)29(36)21-35(17-18-38-2)30(37)33-26-13-11-25(31)12-14-26/h3-14,19,32H,15-18,20-21H2,1-2H3,(H,33,37). The minimum absolute atomic E-state index is 0.0669. The predicted molar refractivity (Wildman–Crippen MR) is 153 cm³/mol. The fourth-order valence-electron chi connectivity index (χ4n) is 4.25. The number of amides is 3. The molecule has 0 atom stereocenters. The summed E-state index contributed by atoms with van der Waals surface area (Å²) in [6.45, 7) is 3.54. The first kappa shape index (κ1) is 27.2. The first-order chi connectivity index (χ1) is 18.4. The number of nitrogens with one attached hydrogen (secondary N) is 2. The lowest BCUT2D eigenvalue weighted by atomic mass is 10.1. The van der Waals surface area contributed by atoms with Crippen molar-refractivity contribution in [2.24, 2.45) is 0 Å². The zero-order valence-corrected chi connectivity index (χ0v) is 22.5. The number of benzene rings is 3. The maximum Gasteiger partial charge on any atom is 0.322 e. The van der Waals surface area contributed by atoms with E-state index in [1.807, 2.05) is 60.5 Å². The molecule has 3 amide bonds. The lowest BCUT2D eigenvalue weighted by Crippen LogP contribution is -2.46. The van der Waals surface area contributed by atoms with Gasteiger partial charge in [0.1, 0.15) is 6.54 Å². The second kappa shape index (κ2) is 13.1. The Bertz CT molecular complexity index is 1350. The lowest BCUT2D eigenvalue weighted by molar-refractivity contribution is -0.132. The van der Waals surface area contributed by atoms with Crippen molar-refractivity contribution < 1.29 is 14.3 Å². The van der Waals surface area contributed by atoms with Crippen LogP contribution < -0.4 is 5.32 Å². The molecule has 1 heterocycles. The van der Waals surface area contributed by atoms with Crippen LogP contribution in [0, 0.1) is 6.92 Å². The molecule has 0 aliphatic carbocycles. The summed E-state index contributed by atoms with van der Waals surface area (Å²) in [6.07, 6.45) is 2.69. The van der Waals surface area contributed by atoms with Gasteiger partial charge >= 0.3 is 6.03 Å². The molecule has 4 aromatic rings. The lowest BCUT2D eigenvalue weighted by Gasteiger charge is -2.28. The Balaban J connectivity index is 1.50. The van der Waals surface area contributed by atoms with Crippen LogP contribution in [0.3, 0.4) is 0 Å². The third kappa shape index (κ3) is 7.37. The molecule has 0 aliphatic rings. The smallest absolute Gasteiger partial charge is 0.322 e. The molecule has 4 rings (SSSR count). The van der Waals surface area contributed by atoms with Gasteiger partial charge in [-0.25, -0.2) is 4.79 Å². The third-order valence-electron chi connectivity index (χ3n) is 6.45. The summed E-state index contributed by atoms with van der Waals surface area (Å²) < 4.78 is 5.21. The second-order valence-electron chi connectivity index (χ2n) is 9.26. The molecule has 0 bridgehead atoms. The van der Waals surface area contributed by atoms with Gasteiger partial charge in [0.15, 0.2) is 0 Å². The number of anilines is 1. The number of aromatic nitrogens is 1. The van der Waals surface area contributed by atoms with Crippen LogP contribution >= 0.6 is 11.6 Å². The molecule has 3 aromatic carbocycles. The number of ether oxygens (including phenoxy) is 1. The van der Waals surface area contributed by atoms with Gasteiger partial charge in [0.05, 0.1) is 6.61 Å². The van der Waals surface area contributed by atoms with Crippen molar-refractivity contribution in [3.05, 3.63) is 101 Å². The van der Waals surface area contributed by atoms with E-state index in [-0.39, 0.29) is 25.0 Å². The SMILES string of the molecule is COCCN(CC(=O)N(CCc1c[nH]c2ccccc12)Cc1ccc(C)cc1)C(=O)Nc1ccc(Cl)cc1. The van der Waals surface area contributed by atoms with E-state index in [0.717, 1.165) is 27.6 Å². The molecule has 8 heteroatoms. The molecule has 0 fully saturated rings. The number of nitrogens with zero attached hydrogens (tertiary/aromatic N) is 2. The zero-order chi connectivity index (χ0) is 26.9. The number of aromatic amines is 1. The van der Waals surface area contributed by atoms with Gasteiger partial charge in [0.2, 0.25) is 5.91 Å². The van der Waals surface area contributed by atoms with Crippen LogP contribution in [-0.2, 0) is 22.5 Å². The van der Waals surface area contributed by atoms with Gasteiger partial charge in [-0.15, -0.1) is 0 Å². The first-order valence-electron chi connectivity index (χ1n) is 12.6. The molecule has 0 spiro atoms. The summed E-state index contributed by atoms with van der Waals surface area (Å²) in [5, 5.41) is 4.58. The minimum Gasteiger partial charge on any atom is -0.383 e. The number of fused-ring (bicyclic) bond motifs is 1. The molecule has 0 aliphatic heterocycles. The Kier molecular flexibility index (Phi) is 9.40. The Morgan fingerprint density at radius 2 is 1.68 bits per heavy atom.